The number of rotatable bonds is 32. The van der Waals surface area contributed by atoms with Crippen LogP contribution in [0.5, 0.6) is 5.75 Å². The number of carbonyl (C=O) groups excluding carboxylic acids is 1. The zero-order chi connectivity index (χ0) is 30.2. The number of esters is 1. The summed E-state index contributed by atoms with van der Waals surface area (Å²) in [5.74, 6) is 0.414. The van der Waals surface area contributed by atoms with Crippen molar-refractivity contribution in [2.75, 3.05) is 138 Å². The van der Waals surface area contributed by atoms with Gasteiger partial charge in [-0.25, -0.2) is 0 Å². The molecular weight excluding hydrogens is 554 g/mol. The van der Waals surface area contributed by atoms with E-state index in [0.717, 1.165) is 0 Å². The molecule has 1 aromatic carbocycles. The third-order valence-electron chi connectivity index (χ3n) is 5.14. The van der Waals surface area contributed by atoms with Crippen LogP contribution in [-0.2, 0) is 52.2 Å². The number of para-hydroxylation sites is 2. The van der Waals surface area contributed by atoms with Crippen LogP contribution in [0.15, 0.2) is 24.3 Å². The van der Waals surface area contributed by atoms with Crippen molar-refractivity contribution < 1.29 is 56.9 Å². The molecule has 0 spiro atoms. The molecular formula is C29H51NO12. The van der Waals surface area contributed by atoms with Crippen LogP contribution in [0.1, 0.15) is 13.3 Å². The fourth-order valence-electron chi connectivity index (χ4n) is 3.07. The van der Waals surface area contributed by atoms with E-state index in [9.17, 15) is 4.79 Å². The van der Waals surface area contributed by atoms with Gasteiger partial charge in [-0.1, -0.05) is 12.1 Å². The molecule has 0 saturated carbocycles. The molecule has 0 amide bonds. The second-order valence-electron chi connectivity index (χ2n) is 8.45. The monoisotopic (exact) mass is 605 g/mol. The first-order chi connectivity index (χ1) is 20.7. The smallest absolute Gasteiger partial charge is 0.308 e. The summed E-state index contributed by atoms with van der Waals surface area (Å²) in [5.41, 5.74) is 6.43. The van der Waals surface area contributed by atoms with Crippen molar-refractivity contribution in [2.45, 2.75) is 13.3 Å². The quantitative estimate of drug-likeness (QED) is 0.0724. The Labute approximate surface area is 250 Å². The van der Waals surface area contributed by atoms with Gasteiger partial charge >= 0.3 is 5.97 Å². The normalized spacial score (nSPS) is 11.2. The summed E-state index contributed by atoms with van der Waals surface area (Å²) in [6.45, 7) is 11.2. The summed E-state index contributed by atoms with van der Waals surface area (Å²) >= 11 is 0. The van der Waals surface area contributed by atoms with E-state index in [1.165, 1.54) is 0 Å². The highest BCUT2D eigenvalue weighted by molar-refractivity contribution is 5.69. The summed E-state index contributed by atoms with van der Waals surface area (Å²) < 4.78 is 59.2. The average Bonchev–Trinajstić information content (AvgIpc) is 2.99. The summed E-state index contributed by atoms with van der Waals surface area (Å²) in [5, 5.41) is 0. The average molecular weight is 606 g/mol. The van der Waals surface area contributed by atoms with Gasteiger partial charge in [0.2, 0.25) is 0 Å². The Morgan fingerprint density at radius 3 is 1.21 bits per heavy atom. The van der Waals surface area contributed by atoms with Crippen molar-refractivity contribution in [3.63, 3.8) is 0 Å². The van der Waals surface area contributed by atoms with Gasteiger partial charge in [-0.15, -0.1) is 0 Å². The molecule has 42 heavy (non-hydrogen) atoms. The van der Waals surface area contributed by atoms with Gasteiger partial charge in [0.15, 0.2) is 0 Å². The van der Waals surface area contributed by atoms with Crippen molar-refractivity contribution >= 4 is 11.7 Å². The number of nitrogen functional groups attached to an aromatic ring is 1. The SMILES string of the molecule is CCOC(=O)CCOCCOCCOCCOCCOCCOCCOCCOCCOCCOc1ccccc1N. The van der Waals surface area contributed by atoms with E-state index < -0.39 is 0 Å². The van der Waals surface area contributed by atoms with Gasteiger partial charge in [0.1, 0.15) is 12.4 Å². The molecule has 2 N–H and O–H groups in total. The maximum Gasteiger partial charge on any atom is 0.308 e. The van der Waals surface area contributed by atoms with Crippen LogP contribution < -0.4 is 10.5 Å². The van der Waals surface area contributed by atoms with E-state index in [2.05, 4.69) is 0 Å². The molecule has 13 heteroatoms. The van der Waals surface area contributed by atoms with Gasteiger partial charge in [0.05, 0.1) is 138 Å². The number of carbonyl (C=O) groups is 1. The minimum Gasteiger partial charge on any atom is -0.489 e. The highest BCUT2D eigenvalue weighted by Crippen LogP contribution is 2.19. The highest BCUT2D eigenvalue weighted by atomic mass is 16.6. The molecule has 1 rings (SSSR count). The van der Waals surface area contributed by atoms with Crippen molar-refractivity contribution in [3.05, 3.63) is 24.3 Å². The topological polar surface area (TPSA) is 145 Å². The lowest BCUT2D eigenvalue weighted by Crippen LogP contribution is -2.15. The Morgan fingerprint density at radius 1 is 0.524 bits per heavy atom. The van der Waals surface area contributed by atoms with Crippen LogP contribution in [0.4, 0.5) is 5.69 Å². The van der Waals surface area contributed by atoms with Crippen molar-refractivity contribution in [1.82, 2.24) is 0 Å². The lowest BCUT2D eigenvalue weighted by molar-refractivity contribution is -0.144. The van der Waals surface area contributed by atoms with Gasteiger partial charge in [-0.05, 0) is 19.1 Å². The number of hydrogen-bond donors (Lipinski definition) is 1. The van der Waals surface area contributed by atoms with E-state index in [0.29, 0.717) is 144 Å². The third-order valence-corrected chi connectivity index (χ3v) is 5.14. The summed E-state index contributed by atoms with van der Waals surface area (Å²) in [7, 11) is 0. The lowest BCUT2D eigenvalue weighted by atomic mass is 10.3. The number of nitrogens with two attached hydrogens (primary N) is 1. The number of hydrogen-bond acceptors (Lipinski definition) is 13. The zero-order valence-electron chi connectivity index (χ0n) is 25.1. The predicted octanol–water partition coefficient (Wildman–Crippen LogP) is 1.75. The Kier molecular flexibility index (Phi) is 27.5. The largest absolute Gasteiger partial charge is 0.489 e. The molecule has 0 bridgehead atoms. The van der Waals surface area contributed by atoms with Gasteiger partial charge in [-0.2, -0.15) is 0 Å². The number of benzene rings is 1. The second kappa shape index (κ2) is 30.4. The molecule has 0 aromatic heterocycles. The molecule has 1 aromatic rings. The Bertz CT molecular complexity index is 728. The van der Waals surface area contributed by atoms with Crippen LogP contribution in [0, 0.1) is 0 Å². The molecule has 0 saturated heterocycles. The number of anilines is 1. The van der Waals surface area contributed by atoms with Crippen LogP contribution in [-0.4, -0.2) is 138 Å². The Balaban J connectivity index is 1.65. The van der Waals surface area contributed by atoms with Crippen LogP contribution in [0.3, 0.4) is 0 Å². The first-order valence-electron chi connectivity index (χ1n) is 14.6. The second-order valence-corrected chi connectivity index (χ2v) is 8.45. The van der Waals surface area contributed by atoms with Crippen LogP contribution >= 0.6 is 0 Å². The zero-order valence-corrected chi connectivity index (χ0v) is 25.1. The minimum absolute atomic E-state index is 0.251. The molecule has 0 aliphatic rings. The van der Waals surface area contributed by atoms with Crippen LogP contribution in [0.25, 0.3) is 0 Å². The van der Waals surface area contributed by atoms with Crippen molar-refractivity contribution in [2.24, 2.45) is 0 Å². The van der Waals surface area contributed by atoms with E-state index >= 15 is 0 Å². The van der Waals surface area contributed by atoms with Crippen molar-refractivity contribution in [1.29, 1.82) is 0 Å². The highest BCUT2D eigenvalue weighted by Gasteiger charge is 2.01. The fourth-order valence-corrected chi connectivity index (χ4v) is 3.07. The third kappa shape index (κ3) is 25.6. The molecule has 0 radical (unpaired) electrons. The van der Waals surface area contributed by atoms with Gasteiger partial charge < -0.3 is 57.8 Å². The Hall–Kier alpha value is -2.07. The van der Waals surface area contributed by atoms with E-state index in [1.54, 1.807) is 13.0 Å². The maximum atomic E-state index is 11.1. The van der Waals surface area contributed by atoms with E-state index in [1.807, 2.05) is 18.2 Å². The molecule has 0 aliphatic carbocycles. The maximum absolute atomic E-state index is 11.1. The Morgan fingerprint density at radius 2 is 0.857 bits per heavy atom. The molecule has 0 fully saturated rings. The van der Waals surface area contributed by atoms with Gasteiger partial charge in [0.25, 0.3) is 0 Å². The predicted molar refractivity (Wildman–Crippen MR) is 155 cm³/mol. The summed E-state index contributed by atoms with van der Waals surface area (Å²) in [4.78, 5) is 11.1. The summed E-state index contributed by atoms with van der Waals surface area (Å²) in [6.07, 6.45) is 0.256. The first kappa shape index (κ1) is 38.0. The van der Waals surface area contributed by atoms with E-state index in [-0.39, 0.29) is 12.4 Å². The fraction of sp³-hybridized carbons (Fsp3) is 0.759. The molecule has 0 atom stereocenters. The molecule has 0 unspecified atom stereocenters. The molecule has 244 valence electrons. The van der Waals surface area contributed by atoms with Crippen molar-refractivity contribution in [3.8, 4) is 5.75 Å². The minimum atomic E-state index is -0.251. The van der Waals surface area contributed by atoms with Gasteiger partial charge in [-0.3, -0.25) is 4.79 Å². The van der Waals surface area contributed by atoms with Gasteiger partial charge in [0, 0.05) is 0 Å². The first-order valence-corrected chi connectivity index (χ1v) is 14.6. The number of ether oxygens (including phenoxy) is 11. The lowest BCUT2D eigenvalue weighted by Gasteiger charge is -2.09. The standard InChI is InChI=1S/C29H51NO12/c1-2-41-29(31)7-8-32-9-10-33-11-12-34-13-14-35-15-16-36-17-18-37-19-20-38-21-22-39-23-24-40-25-26-42-28-6-4-3-5-27(28)30/h3-6H,2,7-26,30H2,1H3. The molecule has 13 nitrogen and oxygen atoms in total. The molecule has 0 aliphatic heterocycles. The van der Waals surface area contributed by atoms with Crippen LogP contribution in [0.2, 0.25) is 0 Å². The van der Waals surface area contributed by atoms with E-state index in [4.69, 9.17) is 57.8 Å². The summed E-state index contributed by atoms with van der Waals surface area (Å²) in [6, 6.07) is 7.37. The molecule has 0 heterocycles.